The second-order valence-corrected chi connectivity index (χ2v) is 8.68. The Labute approximate surface area is 196 Å². The van der Waals surface area contributed by atoms with Gasteiger partial charge in [0.2, 0.25) is 5.91 Å². The Morgan fingerprint density at radius 2 is 1.82 bits per heavy atom. The highest BCUT2D eigenvalue weighted by atomic mass is 16.5. The van der Waals surface area contributed by atoms with Crippen molar-refractivity contribution in [2.45, 2.75) is 46.5 Å². The van der Waals surface area contributed by atoms with E-state index >= 15 is 0 Å². The van der Waals surface area contributed by atoms with Crippen molar-refractivity contribution in [1.29, 1.82) is 0 Å². The van der Waals surface area contributed by atoms with Crippen molar-refractivity contribution in [2.75, 3.05) is 24.6 Å². The fraction of sp³-hybridized carbons (Fsp3) is 0.407. The molecule has 1 aliphatic heterocycles. The second-order valence-electron chi connectivity index (χ2n) is 8.68. The highest BCUT2D eigenvalue weighted by molar-refractivity contribution is 5.92. The van der Waals surface area contributed by atoms with Crippen LogP contribution in [0.2, 0.25) is 0 Å². The quantitative estimate of drug-likeness (QED) is 0.554. The normalized spacial score (nSPS) is 14.3. The van der Waals surface area contributed by atoms with Crippen LogP contribution < -0.4 is 15.0 Å². The average Bonchev–Trinajstić information content (AvgIpc) is 2.79. The fourth-order valence-electron chi connectivity index (χ4n) is 4.15. The van der Waals surface area contributed by atoms with Gasteiger partial charge in [-0.2, -0.15) is 0 Å². The van der Waals surface area contributed by atoms with Gasteiger partial charge in [-0.25, -0.2) is 4.79 Å². The first-order chi connectivity index (χ1) is 15.9. The van der Waals surface area contributed by atoms with Crippen molar-refractivity contribution in [3.05, 3.63) is 65.2 Å². The van der Waals surface area contributed by atoms with Gasteiger partial charge in [-0.3, -0.25) is 4.79 Å². The van der Waals surface area contributed by atoms with E-state index in [0.29, 0.717) is 12.2 Å². The number of anilines is 1. The Kier molecular flexibility index (Phi) is 8.52. The van der Waals surface area contributed by atoms with Gasteiger partial charge in [0, 0.05) is 30.0 Å². The molecule has 33 heavy (non-hydrogen) atoms. The Balaban J connectivity index is 1.83. The maximum Gasteiger partial charge on any atom is 0.339 e. The molecule has 2 N–H and O–H groups in total. The molecule has 0 radical (unpaired) electrons. The number of nitrogens with one attached hydrogen (secondary N) is 1. The Hall–Kier alpha value is -3.28. The topological polar surface area (TPSA) is 78.9 Å². The fourth-order valence-corrected chi connectivity index (χ4v) is 4.15. The van der Waals surface area contributed by atoms with Gasteiger partial charge in [-0.1, -0.05) is 44.2 Å². The van der Waals surface area contributed by atoms with Crippen LogP contribution in [0, 0.1) is 5.92 Å². The number of carbonyl (C=O) groups is 2. The summed E-state index contributed by atoms with van der Waals surface area (Å²) >= 11 is 0. The molecule has 6 heteroatoms. The van der Waals surface area contributed by atoms with Crippen LogP contribution in [0.1, 0.15) is 61.5 Å². The summed E-state index contributed by atoms with van der Waals surface area (Å²) in [5.41, 5.74) is 3.78. The summed E-state index contributed by atoms with van der Waals surface area (Å²) in [6, 6.07) is 13.0. The third-order valence-electron chi connectivity index (χ3n) is 5.61. The van der Waals surface area contributed by atoms with Crippen LogP contribution in [0.3, 0.4) is 0 Å². The number of amides is 1. The van der Waals surface area contributed by atoms with Crippen molar-refractivity contribution in [1.82, 2.24) is 5.32 Å². The Bertz CT molecular complexity index is 1010. The number of para-hydroxylation sites is 1. The molecule has 176 valence electrons. The minimum Gasteiger partial charge on any atom is -0.493 e. The van der Waals surface area contributed by atoms with E-state index in [4.69, 9.17) is 4.74 Å². The first-order valence-corrected chi connectivity index (χ1v) is 11.7. The number of piperidine rings is 1. The monoisotopic (exact) mass is 450 g/mol. The SMILES string of the molecule is CCOc1cc(CC(=O)NC(=CC(C)C)c2ccccc2N2CCCCC2)ccc1C(=O)O. The van der Waals surface area contributed by atoms with Crippen molar-refractivity contribution in [3.8, 4) is 5.75 Å². The van der Waals surface area contributed by atoms with Crippen LogP contribution in [0.25, 0.3) is 5.70 Å². The molecule has 1 amide bonds. The van der Waals surface area contributed by atoms with Gasteiger partial charge in [-0.15, -0.1) is 0 Å². The molecule has 0 spiro atoms. The average molecular weight is 451 g/mol. The van der Waals surface area contributed by atoms with Crippen molar-refractivity contribution in [2.24, 2.45) is 5.92 Å². The lowest BCUT2D eigenvalue weighted by Gasteiger charge is -2.31. The molecular weight excluding hydrogens is 416 g/mol. The molecule has 0 bridgehead atoms. The smallest absolute Gasteiger partial charge is 0.339 e. The summed E-state index contributed by atoms with van der Waals surface area (Å²) in [4.78, 5) is 26.9. The standard InChI is InChI=1S/C27H34N2O4/c1-4-33-25-17-20(12-13-22(25)27(31)32)18-26(30)28-23(16-19(2)3)21-10-6-7-11-24(21)29-14-8-5-9-15-29/h6-7,10-13,16-17,19H,4-5,8-9,14-15,18H2,1-3H3,(H,28,30)(H,31,32). The highest BCUT2D eigenvalue weighted by Gasteiger charge is 2.19. The number of carboxylic acid groups (broad SMARTS) is 1. The lowest BCUT2D eigenvalue weighted by molar-refractivity contribution is -0.119. The van der Waals surface area contributed by atoms with Crippen LogP contribution in [0.5, 0.6) is 5.75 Å². The molecule has 0 aromatic heterocycles. The van der Waals surface area contributed by atoms with Crippen molar-refractivity contribution < 1.29 is 19.4 Å². The molecule has 6 nitrogen and oxygen atoms in total. The van der Waals surface area contributed by atoms with Gasteiger partial charge < -0.3 is 20.1 Å². The van der Waals surface area contributed by atoms with E-state index < -0.39 is 5.97 Å². The van der Waals surface area contributed by atoms with Gasteiger partial charge in [0.15, 0.2) is 0 Å². The third-order valence-corrected chi connectivity index (χ3v) is 5.61. The predicted octanol–water partition coefficient (Wildman–Crippen LogP) is 5.13. The molecule has 3 rings (SSSR count). The molecular formula is C27H34N2O4. The molecule has 0 aliphatic carbocycles. The number of hydrogen-bond acceptors (Lipinski definition) is 4. The predicted molar refractivity (Wildman–Crippen MR) is 132 cm³/mol. The zero-order valence-corrected chi connectivity index (χ0v) is 19.8. The van der Waals surface area contributed by atoms with Crippen molar-refractivity contribution >= 4 is 23.3 Å². The van der Waals surface area contributed by atoms with Crippen LogP contribution in [-0.4, -0.2) is 36.7 Å². The van der Waals surface area contributed by atoms with E-state index in [1.54, 1.807) is 19.1 Å². The van der Waals surface area contributed by atoms with Gasteiger partial charge in [0.1, 0.15) is 11.3 Å². The molecule has 1 fully saturated rings. The van der Waals surface area contributed by atoms with E-state index in [0.717, 1.165) is 30.0 Å². The summed E-state index contributed by atoms with van der Waals surface area (Å²) in [6.45, 7) is 8.38. The first kappa shape index (κ1) is 24.4. The van der Waals surface area contributed by atoms with E-state index in [1.165, 1.54) is 25.3 Å². The van der Waals surface area contributed by atoms with E-state index in [9.17, 15) is 14.7 Å². The maximum absolute atomic E-state index is 13.0. The minimum absolute atomic E-state index is 0.0943. The number of hydrogen-bond donors (Lipinski definition) is 2. The van der Waals surface area contributed by atoms with Gasteiger partial charge >= 0.3 is 5.97 Å². The largest absolute Gasteiger partial charge is 0.493 e. The molecule has 0 saturated carbocycles. The van der Waals surface area contributed by atoms with Crippen LogP contribution in [-0.2, 0) is 11.2 Å². The number of nitrogens with zero attached hydrogens (tertiary/aromatic N) is 1. The molecule has 1 saturated heterocycles. The summed E-state index contributed by atoms with van der Waals surface area (Å²) in [7, 11) is 0. The van der Waals surface area contributed by atoms with Gasteiger partial charge in [0.25, 0.3) is 0 Å². The molecule has 1 heterocycles. The molecule has 0 unspecified atom stereocenters. The number of carboxylic acids is 1. The molecule has 2 aromatic carbocycles. The van der Waals surface area contributed by atoms with Crippen LogP contribution in [0.15, 0.2) is 48.5 Å². The Morgan fingerprint density at radius 1 is 1.09 bits per heavy atom. The van der Waals surface area contributed by atoms with Gasteiger partial charge in [0.05, 0.1) is 13.0 Å². The zero-order valence-electron chi connectivity index (χ0n) is 19.8. The summed E-state index contributed by atoms with van der Waals surface area (Å²) in [5, 5.41) is 12.5. The number of ether oxygens (including phenoxy) is 1. The van der Waals surface area contributed by atoms with E-state index in [1.807, 2.05) is 12.1 Å². The van der Waals surface area contributed by atoms with Gasteiger partial charge in [-0.05, 0) is 55.9 Å². The molecule has 0 atom stereocenters. The van der Waals surface area contributed by atoms with Crippen LogP contribution >= 0.6 is 0 Å². The number of aromatic carboxylic acids is 1. The number of benzene rings is 2. The Morgan fingerprint density at radius 3 is 2.48 bits per heavy atom. The van der Waals surface area contributed by atoms with E-state index in [-0.39, 0.29) is 29.6 Å². The summed E-state index contributed by atoms with van der Waals surface area (Å²) in [5.74, 6) is -0.662. The highest BCUT2D eigenvalue weighted by Crippen LogP contribution is 2.29. The number of allylic oxidation sites excluding steroid dienone is 1. The number of rotatable bonds is 9. The maximum atomic E-state index is 13.0. The third kappa shape index (κ3) is 6.60. The zero-order chi connectivity index (χ0) is 23.8. The summed E-state index contributed by atoms with van der Waals surface area (Å²) < 4.78 is 5.48. The second kappa shape index (κ2) is 11.5. The van der Waals surface area contributed by atoms with Crippen LogP contribution in [0.4, 0.5) is 5.69 Å². The number of carbonyl (C=O) groups excluding carboxylic acids is 1. The molecule has 1 aliphatic rings. The minimum atomic E-state index is -1.05. The molecule has 2 aromatic rings. The summed E-state index contributed by atoms with van der Waals surface area (Å²) in [6.07, 6.45) is 5.83. The van der Waals surface area contributed by atoms with Crippen molar-refractivity contribution in [3.63, 3.8) is 0 Å². The first-order valence-electron chi connectivity index (χ1n) is 11.7. The lowest BCUT2D eigenvalue weighted by Crippen LogP contribution is -2.31. The van der Waals surface area contributed by atoms with E-state index in [2.05, 4.69) is 42.3 Å². The lowest BCUT2D eigenvalue weighted by atomic mass is 10.0.